The third kappa shape index (κ3) is 5.27. The number of rotatable bonds is 5. The number of halogens is 5. The molecule has 14 heteroatoms. The lowest BCUT2D eigenvalue weighted by molar-refractivity contribution is -0.126. The highest BCUT2D eigenvalue weighted by atomic mass is 35.5. The third-order valence-corrected chi connectivity index (χ3v) is 8.79. The molecule has 45 heavy (non-hydrogen) atoms. The quantitative estimate of drug-likeness (QED) is 0.146. The number of fused-ring (bicyclic) bond motifs is 1. The first-order chi connectivity index (χ1) is 21.3. The summed E-state index contributed by atoms with van der Waals surface area (Å²) in [5, 5.41) is 19.2. The minimum Gasteiger partial charge on any atom is -0.503 e. The zero-order valence-corrected chi connectivity index (χ0v) is 26.5. The second kappa shape index (κ2) is 12.3. The van der Waals surface area contributed by atoms with Gasteiger partial charge in [-0.25, -0.2) is 13.8 Å². The molecule has 0 radical (unpaired) electrons. The Morgan fingerprint density at radius 3 is 2.40 bits per heavy atom. The lowest BCUT2D eigenvalue weighted by Gasteiger charge is -2.36. The van der Waals surface area contributed by atoms with Gasteiger partial charge in [-0.3, -0.25) is 19.1 Å². The van der Waals surface area contributed by atoms with Crippen LogP contribution in [-0.4, -0.2) is 56.6 Å². The molecule has 5 rings (SSSR count). The maximum absolute atomic E-state index is 15.4. The first-order valence-electron chi connectivity index (χ1n) is 13.7. The van der Waals surface area contributed by atoms with Crippen LogP contribution in [0.15, 0.2) is 35.8 Å². The Balaban J connectivity index is 1.93. The lowest BCUT2D eigenvalue weighted by atomic mass is 10.0. The molecule has 3 aromatic heterocycles. The second-order valence-electron chi connectivity index (χ2n) is 10.7. The second-order valence-corrected chi connectivity index (χ2v) is 11.8. The Bertz CT molecular complexity index is 1990. The number of carbonyl (C=O) groups excluding carboxylic acids is 1. The van der Waals surface area contributed by atoms with E-state index in [1.165, 1.54) is 16.7 Å². The first-order valence-corrected chi connectivity index (χ1v) is 14.8. The molecule has 0 aliphatic carbocycles. The maximum Gasteiger partial charge on any atom is 0.276 e. The van der Waals surface area contributed by atoms with Crippen LogP contribution in [0.5, 0.6) is 5.75 Å². The van der Waals surface area contributed by atoms with Gasteiger partial charge in [-0.2, -0.15) is 5.26 Å². The van der Waals surface area contributed by atoms with Gasteiger partial charge in [0, 0.05) is 37.8 Å². The maximum atomic E-state index is 15.4. The monoisotopic (exact) mass is 672 g/mol. The Morgan fingerprint density at radius 1 is 1.13 bits per heavy atom. The van der Waals surface area contributed by atoms with Crippen LogP contribution < -0.4 is 10.5 Å². The molecule has 9 nitrogen and oxygen atoms in total. The minimum absolute atomic E-state index is 0.0357. The molecular weight excluding hydrogens is 649 g/mol. The van der Waals surface area contributed by atoms with E-state index in [2.05, 4.69) is 16.5 Å². The van der Waals surface area contributed by atoms with Gasteiger partial charge in [-0.1, -0.05) is 55.2 Å². The van der Waals surface area contributed by atoms with Gasteiger partial charge in [0.25, 0.3) is 5.56 Å². The summed E-state index contributed by atoms with van der Waals surface area (Å²) in [4.78, 5) is 39.1. The van der Waals surface area contributed by atoms with Crippen molar-refractivity contribution >= 4 is 57.4 Å². The number of nitrogens with zero attached hydrogens (tertiary/aromatic N) is 6. The zero-order valence-electron chi connectivity index (χ0n) is 24.3. The van der Waals surface area contributed by atoms with E-state index in [4.69, 9.17) is 34.8 Å². The number of phenols is 1. The summed E-state index contributed by atoms with van der Waals surface area (Å²) in [6.07, 6.45) is 2.81. The Labute approximate surface area is 271 Å². The highest BCUT2D eigenvalue weighted by Gasteiger charge is 2.31. The van der Waals surface area contributed by atoms with Gasteiger partial charge in [-0.15, -0.1) is 0 Å². The number of carbonyl (C=O) groups is 1. The molecule has 0 unspecified atom stereocenters. The predicted octanol–water partition coefficient (Wildman–Crippen LogP) is 6.53. The van der Waals surface area contributed by atoms with E-state index >= 15 is 4.39 Å². The van der Waals surface area contributed by atoms with Crippen molar-refractivity contribution in [1.82, 2.24) is 19.4 Å². The number of nitriles is 1. The number of hydrogen-bond acceptors (Lipinski definition) is 7. The number of aromatic nitrogens is 3. The predicted molar refractivity (Wildman–Crippen MR) is 170 cm³/mol. The number of benzene rings is 1. The molecule has 4 heterocycles. The van der Waals surface area contributed by atoms with Crippen molar-refractivity contribution in [3.63, 3.8) is 0 Å². The van der Waals surface area contributed by atoms with Gasteiger partial charge in [0.2, 0.25) is 5.91 Å². The van der Waals surface area contributed by atoms with Crippen molar-refractivity contribution in [2.45, 2.75) is 26.7 Å². The van der Waals surface area contributed by atoms with Crippen LogP contribution in [0.25, 0.3) is 28.0 Å². The van der Waals surface area contributed by atoms with E-state index in [9.17, 15) is 24.3 Å². The molecule has 0 spiro atoms. The van der Waals surface area contributed by atoms with E-state index < -0.39 is 38.6 Å². The van der Waals surface area contributed by atoms with Crippen molar-refractivity contribution < 1.29 is 18.7 Å². The molecular formula is C31H25Cl3F2N6O3. The fraction of sp³-hybridized carbons (Fsp3) is 0.258. The Hall–Kier alpha value is -4.24. The highest BCUT2D eigenvalue weighted by molar-refractivity contribution is 6.44. The molecule has 1 fully saturated rings. The minimum atomic E-state index is -1.46. The van der Waals surface area contributed by atoms with E-state index in [1.807, 2.05) is 19.9 Å². The van der Waals surface area contributed by atoms with Gasteiger partial charge >= 0.3 is 0 Å². The first kappa shape index (κ1) is 32.2. The smallest absolute Gasteiger partial charge is 0.276 e. The third-order valence-electron chi connectivity index (χ3n) is 7.67. The average Bonchev–Trinajstić information content (AvgIpc) is 3.02. The Kier molecular flexibility index (Phi) is 8.77. The molecule has 1 aliphatic rings. The van der Waals surface area contributed by atoms with E-state index in [1.54, 1.807) is 29.0 Å². The van der Waals surface area contributed by atoms with Crippen molar-refractivity contribution in [2.75, 3.05) is 31.1 Å². The Morgan fingerprint density at radius 2 is 1.80 bits per heavy atom. The molecule has 0 atom stereocenters. The standard InChI is InChI=1S/C31H25Cl3F2N6O3/c1-5-19(43)40-8-10-41(11-9-40)28-16-12-18(32)26(20-21(33)22(34)24(36)29(44)23(20)35)39-30(16)42(31(45)17(28)13-37)27-15(4)6-7-38-25(27)14(2)3/h5-7,12,14,44H,1,8-11H2,2-4H3. The molecule has 1 N–H and O–H groups in total. The van der Waals surface area contributed by atoms with Crippen molar-refractivity contribution in [1.29, 1.82) is 5.26 Å². The van der Waals surface area contributed by atoms with Crippen molar-refractivity contribution in [2.24, 2.45) is 0 Å². The van der Waals surface area contributed by atoms with Gasteiger partial charge in [-0.05, 0) is 36.6 Å². The summed E-state index contributed by atoms with van der Waals surface area (Å²) in [7, 11) is 0. The van der Waals surface area contributed by atoms with Crippen molar-refractivity contribution in [3.05, 3.63) is 84.9 Å². The zero-order chi connectivity index (χ0) is 32.9. The summed E-state index contributed by atoms with van der Waals surface area (Å²) < 4.78 is 31.0. The van der Waals surface area contributed by atoms with Gasteiger partial charge in [0.05, 0.1) is 43.4 Å². The molecule has 1 amide bonds. The van der Waals surface area contributed by atoms with Gasteiger partial charge in [0.15, 0.2) is 17.4 Å². The number of anilines is 1. The number of phenolic OH excluding ortho intramolecular Hbond substituents is 1. The molecule has 4 aromatic rings. The lowest BCUT2D eigenvalue weighted by Crippen LogP contribution is -2.49. The fourth-order valence-corrected chi connectivity index (χ4v) is 6.16. The van der Waals surface area contributed by atoms with E-state index in [0.29, 0.717) is 16.9 Å². The molecule has 0 saturated carbocycles. The number of pyridine rings is 3. The molecule has 1 saturated heterocycles. The summed E-state index contributed by atoms with van der Waals surface area (Å²) in [5.74, 6) is -4.72. The molecule has 1 aromatic carbocycles. The van der Waals surface area contributed by atoms with Crippen molar-refractivity contribution in [3.8, 4) is 28.8 Å². The molecule has 232 valence electrons. The molecule has 0 bridgehead atoms. The van der Waals surface area contributed by atoms with Gasteiger partial charge in [0.1, 0.15) is 17.3 Å². The van der Waals surface area contributed by atoms with Crippen LogP contribution in [-0.2, 0) is 4.79 Å². The summed E-state index contributed by atoms with van der Waals surface area (Å²) in [6, 6.07) is 5.14. The SMILES string of the molecule is C=CC(=O)N1CCN(c2c(C#N)c(=O)n(-c3c(C)ccnc3C(C)C)c3nc(-c4c(F)c(O)c(F)c(Cl)c4Cl)c(Cl)cc23)CC1. The number of amides is 1. The van der Waals surface area contributed by atoms with Crippen LogP contribution in [0.3, 0.4) is 0 Å². The average molecular weight is 674 g/mol. The molecule has 1 aliphatic heterocycles. The normalized spacial score (nSPS) is 13.4. The summed E-state index contributed by atoms with van der Waals surface area (Å²) in [6.45, 7) is 10.2. The van der Waals surface area contributed by atoms with Crippen LogP contribution in [0.1, 0.15) is 36.6 Å². The van der Waals surface area contributed by atoms with Crippen LogP contribution in [0, 0.1) is 29.9 Å². The largest absolute Gasteiger partial charge is 0.503 e. The number of hydrogen-bond donors (Lipinski definition) is 1. The number of aryl methyl sites for hydroxylation is 1. The fourth-order valence-electron chi connectivity index (χ4n) is 5.47. The van der Waals surface area contributed by atoms with Crippen LogP contribution in [0.2, 0.25) is 15.1 Å². The number of piperazine rings is 1. The number of aromatic hydroxyl groups is 1. The topological polar surface area (TPSA) is 115 Å². The van der Waals surface area contributed by atoms with Gasteiger partial charge < -0.3 is 14.9 Å². The van der Waals surface area contributed by atoms with E-state index in [-0.39, 0.29) is 71.0 Å². The summed E-state index contributed by atoms with van der Waals surface area (Å²) >= 11 is 18.9. The summed E-state index contributed by atoms with van der Waals surface area (Å²) in [5.41, 5.74) is -0.143. The highest BCUT2D eigenvalue weighted by Crippen LogP contribution is 2.45. The van der Waals surface area contributed by atoms with Crippen LogP contribution >= 0.6 is 34.8 Å². The van der Waals surface area contributed by atoms with Crippen LogP contribution in [0.4, 0.5) is 14.5 Å². The van der Waals surface area contributed by atoms with E-state index in [0.717, 1.165) is 0 Å².